The van der Waals surface area contributed by atoms with Crippen molar-refractivity contribution in [1.82, 2.24) is 19.4 Å². The van der Waals surface area contributed by atoms with Gasteiger partial charge in [-0.1, -0.05) is 5.16 Å². The molecule has 1 fully saturated rings. The molecule has 0 bridgehead atoms. The van der Waals surface area contributed by atoms with Gasteiger partial charge in [-0.25, -0.2) is 4.98 Å². The van der Waals surface area contributed by atoms with Crippen LogP contribution in [0, 0.1) is 6.92 Å². The summed E-state index contributed by atoms with van der Waals surface area (Å²) in [5.74, 6) is 2.47. The Morgan fingerprint density at radius 2 is 2.25 bits per heavy atom. The average molecular weight is 344 g/mol. The van der Waals surface area contributed by atoms with E-state index in [-0.39, 0.29) is 5.91 Å². The monoisotopic (exact) mass is 344 g/mol. The summed E-state index contributed by atoms with van der Waals surface area (Å²) in [4.78, 5) is 20.3. The first-order chi connectivity index (χ1) is 11.7. The fourth-order valence-electron chi connectivity index (χ4n) is 3.42. The number of aromatic nitrogens is 3. The van der Waals surface area contributed by atoms with Crippen molar-refractivity contribution < 1.29 is 9.32 Å². The Morgan fingerprint density at radius 1 is 1.42 bits per heavy atom. The van der Waals surface area contributed by atoms with E-state index in [9.17, 15) is 4.79 Å². The molecule has 24 heavy (non-hydrogen) atoms. The van der Waals surface area contributed by atoms with Crippen LogP contribution in [0.15, 0.2) is 28.4 Å². The van der Waals surface area contributed by atoms with Crippen LogP contribution < -0.4 is 0 Å². The molecule has 6 nitrogen and oxygen atoms in total. The van der Waals surface area contributed by atoms with Gasteiger partial charge in [-0.15, -0.1) is 11.3 Å². The summed E-state index contributed by atoms with van der Waals surface area (Å²) in [7, 11) is 0. The largest absolute Gasteiger partial charge is 0.361 e. The molecule has 4 rings (SSSR count). The topological polar surface area (TPSA) is 63.6 Å². The molecule has 3 aromatic rings. The van der Waals surface area contributed by atoms with Crippen LogP contribution in [0.5, 0.6) is 0 Å². The molecule has 0 radical (unpaired) electrons. The van der Waals surface area contributed by atoms with Gasteiger partial charge in [0.1, 0.15) is 16.4 Å². The summed E-state index contributed by atoms with van der Waals surface area (Å²) in [6.07, 6.45) is 6.76. The average Bonchev–Trinajstić information content (AvgIpc) is 3.33. The summed E-state index contributed by atoms with van der Waals surface area (Å²) in [6, 6.07) is 1.81. The Balaban J connectivity index is 1.36. The SMILES string of the molecule is Cc1nc(C2CCN(C(=O)CCc3ccno3)CC2)c2sccn12. The number of thiazole rings is 1. The van der Waals surface area contributed by atoms with Gasteiger partial charge in [0, 0.05) is 49.5 Å². The van der Waals surface area contributed by atoms with Crippen LogP contribution in [0.4, 0.5) is 0 Å². The van der Waals surface area contributed by atoms with E-state index in [4.69, 9.17) is 9.51 Å². The van der Waals surface area contributed by atoms with Gasteiger partial charge in [0.15, 0.2) is 0 Å². The second kappa shape index (κ2) is 6.39. The number of hydrogen-bond acceptors (Lipinski definition) is 5. The van der Waals surface area contributed by atoms with Crippen molar-refractivity contribution in [3.8, 4) is 0 Å². The number of amides is 1. The van der Waals surface area contributed by atoms with Crippen molar-refractivity contribution in [2.24, 2.45) is 0 Å². The van der Waals surface area contributed by atoms with Gasteiger partial charge in [-0.05, 0) is 19.8 Å². The Kier molecular flexibility index (Phi) is 4.10. The van der Waals surface area contributed by atoms with Gasteiger partial charge >= 0.3 is 0 Å². The molecule has 0 aliphatic carbocycles. The van der Waals surface area contributed by atoms with Crippen LogP contribution >= 0.6 is 11.3 Å². The van der Waals surface area contributed by atoms with Crippen LogP contribution in [0.1, 0.15) is 42.5 Å². The lowest BCUT2D eigenvalue weighted by atomic mass is 9.94. The van der Waals surface area contributed by atoms with Gasteiger partial charge in [0.05, 0.1) is 11.9 Å². The van der Waals surface area contributed by atoms with Crippen molar-refractivity contribution in [1.29, 1.82) is 0 Å². The van der Waals surface area contributed by atoms with Gasteiger partial charge in [0.25, 0.3) is 0 Å². The number of likely N-dealkylation sites (tertiary alicyclic amines) is 1. The Hall–Kier alpha value is -2.15. The molecule has 0 saturated carbocycles. The zero-order valence-corrected chi connectivity index (χ0v) is 14.5. The van der Waals surface area contributed by atoms with Crippen LogP contribution in [0.3, 0.4) is 0 Å². The number of hydrogen-bond donors (Lipinski definition) is 0. The van der Waals surface area contributed by atoms with Crippen LogP contribution in [-0.2, 0) is 11.2 Å². The number of piperidine rings is 1. The number of imidazole rings is 1. The lowest BCUT2D eigenvalue weighted by Gasteiger charge is -2.31. The molecule has 1 saturated heterocycles. The van der Waals surface area contributed by atoms with E-state index in [1.54, 1.807) is 17.5 Å². The van der Waals surface area contributed by atoms with Gasteiger partial charge in [0.2, 0.25) is 5.91 Å². The quantitative estimate of drug-likeness (QED) is 0.730. The number of nitrogens with zero attached hydrogens (tertiary/aromatic N) is 4. The number of rotatable bonds is 4. The van der Waals surface area contributed by atoms with Gasteiger partial charge in [-0.2, -0.15) is 0 Å². The highest BCUT2D eigenvalue weighted by molar-refractivity contribution is 7.15. The third-order valence-corrected chi connectivity index (χ3v) is 5.66. The molecule has 0 unspecified atom stereocenters. The zero-order chi connectivity index (χ0) is 16.5. The Bertz CT molecular complexity index is 828. The molecule has 0 spiro atoms. The highest BCUT2D eigenvalue weighted by Gasteiger charge is 2.27. The number of aryl methyl sites for hydroxylation is 2. The summed E-state index contributed by atoms with van der Waals surface area (Å²) in [5.41, 5.74) is 1.20. The molecule has 1 amide bonds. The fraction of sp³-hybridized carbons (Fsp3) is 0.471. The third-order valence-electron chi connectivity index (χ3n) is 4.77. The zero-order valence-electron chi connectivity index (χ0n) is 13.6. The van der Waals surface area contributed by atoms with Crippen molar-refractivity contribution in [3.63, 3.8) is 0 Å². The maximum absolute atomic E-state index is 12.4. The molecule has 126 valence electrons. The first-order valence-corrected chi connectivity index (χ1v) is 9.19. The van der Waals surface area contributed by atoms with Gasteiger partial charge < -0.3 is 9.42 Å². The summed E-state index contributed by atoms with van der Waals surface area (Å²) in [6.45, 7) is 3.66. The first kappa shape index (κ1) is 15.4. The minimum absolute atomic E-state index is 0.201. The second-order valence-electron chi connectivity index (χ2n) is 6.26. The summed E-state index contributed by atoms with van der Waals surface area (Å²) >= 11 is 1.75. The molecule has 1 aliphatic rings. The van der Waals surface area contributed by atoms with E-state index >= 15 is 0 Å². The third kappa shape index (κ3) is 2.84. The smallest absolute Gasteiger partial charge is 0.223 e. The van der Waals surface area contributed by atoms with E-state index in [1.165, 1.54) is 10.5 Å². The molecule has 4 heterocycles. The van der Waals surface area contributed by atoms with Crippen LogP contribution in [0.25, 0.3) is 4.83 Å². The number of carbonyl (C=O) groups is 1. The summed E-state index contributed by atoms with van der Waals surface area (Å²) < 4.78 is 7.21. The lowest BCUT2D eigenvalue weighted by molar-refractivity contribution is -0.132. The van der Waals surface area contributed by atoms with Crippen LogP contribution in [-0.4, -0.2) is 38.4 Å². The van der Waals surface area contributed by atoms with Crippen molar-refractivity contribution in [2.45, 2.75) is 38.5 Å². The second-order valence-corrected chi connectivity index (χ2v) is 7.15. The summed E-state index contributed by atoms with van der Waals surface area (Å²) in [5, 5.41) is 5.78. The Labute approximate surface area is 144 Å². The minimum Gasteiger partial charge on any atom is -0.361 e. The molecule has 1 aliphatic heterocycles. The Morgan fingerprint density at radius 3 is 3.00 bits per heavy atom. The minimum atomic E-state index is 0.201. The van der Waals surface area contributed by atoms with Crippen molar-refractivity contribution in [2.75, 3.05) is 13.1 Å². The normalized spacial score (nSPS) is 16.1. The number of fused-ring (bicyclic) bond motifs is 1. The van der Waals surface area contributed by atoms with E-state index in [0.29, 0.717) is 18.8 Å². The molecular formula is C17H20N4O2S. The maximum Gasteiger partial charge on any atom is 0.223 e. The maximum atomic E-state index is 12.4. The van der Waals surface area contributed by atoms with E-state index in [1.807, 2.05) is 17.9 Å². The molecule has 3 aromatic heterocycles. The van der Waals surface area contributed by atoms with E-state index < -0.39 is 0 Å². The highest BCUT2D eigenvalue weighted by Crippen LogP contribution is 2.33. The van der Waals surface area contributed by atoms with Crippen LogP contribution in [0.2, 0.25) is 0 Å². The van der Waals surface area contributed by atoms with Crippen molar-refractivity contribution in [3.05, 3.63) is 41.1 Å². The fourth-order valence-corrected chi connectivity index (χ4v) is 4.37. The molecular weight excluding hydrogens is 324 g/mol. The van der Waals surface area contributed by atoms with E-state index in [2.05, 4.69) is 21.1 Å². The van der Waals surface area contributed by atoms with Crippen molar-refractivity contribution >= 4 is 22.1 Å². The molecule has 0 N–H and O–H groups in total. The predicted octanol–water partition coefficient (Wildman–Crippen LogP) is 3.03. The first-order valence-electron chi connectivity index (χ1n) is 8.32. The van der Waals surface area contributed by atoms with E-state index in [0.717, 1.165) is 37.5 Å². The molecule has 7 heteroatoms. The predicted molar refractivity (Wildman–Crippen MR) is 91.2 cm³/mol. The highest BCUT2D eigenvalue weighted by atomic mass is 32.1. The van der Waals surface area contributed by atoms with Gasteiger partial charge in [-0.3, -0.25) is 9.20 Å². The number of carbonyl (C=O) groups excluding carboxylic acids is 1. The molecule has 0 atom stereocenters. The lowest BCUT2D eigenvalue weighted by Crippen LogP contribution is -2.38. The standard InChI is InChI=1S/C17H20N4O2S/c1-12-19-16(17-21(12)10-11-24-17)13-5-8-20(9-6-13)15(22)3-2-14-4-7-18-23-14/h4,7,10-11,13H,2-3,5-6,8-9H2,1H3. The molecule has 0 aromatic carbocycles.